The number of rotatable bonds is 2. The molecule has 4 nitrogen and oxygen atoms in total. The Bertz CT molecular complexity index is 678. The zero-order valence-electron chi connectivity index (χ0n) is 10.2. The van der Waals surface area contributed by atoms with Crippen LogP contribution in [0.3, 0.4) is 0 Å². The summed E-state index contributed by atoms with van der Waals surface area (Å²) < 4.78 is 26.3. The van der Waals surface area contributed by atoms with Crippen molar-refractivity contribution in [1.29, 1.82) is 5.26 Å². The molecular weight excluding hydrogens is 264 g/mol. The third kappa shape index (κ3) is 3.29. The van der Waals surface area contributed by atoms with Gasteiger partial charge in [-0.3, -0.25) is 0 Å². The number of halogens is 2. The molecule has 2 rings (SSSR count). The van der Waals surface area contributed by atoms with Crippen LogP contribution < -0.4 is 10.6 Å². The molecule has 100 valence electrons. The lowest BCUT2D eigenvalue weighted by Gasteiger charge is -2.08. The highest BCUT2D eigenvalue weighted by molar-refractivity contribution is 5.99. The molecule has 2 N–H and O–H groups in total. The van der Waals surface area contributed by atoms with Gasteiger partial charge in [-0.1, -0.05) is 0 Å². The Morgan fingerprint density at radius 1 is 1.05 bits per heavy atom. The Morgan fingerprint density at radius 2 is 1.75 bits per heavy atom. The van der Waals surface area contributed by atoms with Crippen molar-refractivity contribution in [2.24, 2.45) is 0 Å². The molecule has 2 aromatic carbocycles. The number of anilines is 2. The third-order valence-corrected chi connectivity index (χ3v) is 2.45. The van der Waals surface area contributed by atoms with Crippen molar-refractivity contribution in [1.82, 2.24) is 0 Å². The Hall–Kier alpha value is -2.94. The predicted molar refractivity (Wildman–Crippen MR) is 70.2 cm³/mol. The number of hydrogen-bond donors (Lipinski definition) is 2. The van der Waals surface area contributed by atoms with E-state index in [1.165, 1.54) is 24.3 Å². The van der Waals surface area contributed by atoms with Gasteiger partial charge in [-0.2, -0.15) is 5.26 Å². The van der Waals surface area contributed by atoms with E-state index in [0.29, 0.717) is 11.3 Å². The van der Waals surface area contributed by atoms with Crippen LogP contribution in [0.1, 0.15) is 5.56 Å². The van der Waals surface area contributed by atoms with Crippen LogP contribution in [-0.2, 0) is 0 Å². The van der Waals surface area contributed by atoms with Gasteiger partial charge in [0.15, 0.2) is 0 Å². The van der Waals surface area contributed by atoms with Crippen molar-refractivity contribution in [2.75, 3.05) is 10.6 Å². The standard InChI is InChI=1S/C14H9F2N3O/c15-10-3-6-12(16)13(7-10)19-14(20)18-11-4-1-9(8-17)2-5-11/h1-7H,(H2,18,19,20). The molecule has 0 saturated carbocycles. The van der Waals surface area contributed by atoms with Gasteiger partial charge in [-0.15, -0.1) is 0 Å². The lowest BCUT2D eigenvalue weighted by Crippen LogP contribution is -2.20. The molecule has 0 heterocycles. The molecule has 0 unspecified atom stereocenters. The third-order valence-electron chi connectivity index (χ3n) is 2.45. The monoisotopic (exact) mass is 273 g/mol. The number of hydrogen-bond acceptors (Lipinski definition) is 2. The van der Waals surface area contributed by atoms with Gasteiger partial charge in [-0.05, 0) is 36.4 Å². The molecule has 6 heteroatoms. The number of carbonyl (C=O) groups is 1. The number of nitrogens with one attached hydrogen (secondary N) is 2. The number of carbonyl (C=O) groups excluding carboxylic acids is 1. The van der Waals surface area contributed by atoms with E-state index in [4.69, 9.17) is 5.26 Å². The summed E-state index contributed by atoms with van der Waals surface area (Å²) in [5.41, 5.74) is 0.626. The molecule has 0 aliphatic carbocycles. The minimum atomic E-state index is -0.735. The molecule has 0 aliphatic rings. The fourth-order valence-electron chi connectivity index (χ4n) is 1.51. The highest BCUT2D eigenvalue weighted by atomic mass is 19.1. The summed E-state index contributed by atoms with van der Waals surface area (Å²) >= 11 is 0. The smallest absolute Gasteiger partial charge is 0.308 e. The molecule has 0 aromatic heterocycles. The van der Waals surface area contributed by atoms with E-state index in [0.717, 1.165) is 18.2 Å². The number of nitrogens with zero attached hydrogens (tertiary/aromatic N) is 1. The van der Waals surface area contributed by atoms with Crippen LogP contribution >= 0.6 is 0 Å². The Kier molecular flexibility index (Phi) is 3.91. The molecule has 0 aliphatic heterocycles. The van der Waals surface area contributed by atoms with Crippen molar-refractivity contribution >= 4 is 17.4 Å². The number of benzene rings is 2. The van der Waals surface area contributed by atoms with E-state index in [1.807, 2.05) is 6.07 Å². The highest BCUT2D eigenvalue weighted by Gasteiger charge is 2.08. The van der Waals surface area contributed by atoms with Gasteiger partial charge in [0.25, 0.3) is 0 Å². The molecule has 0 bridgehead atoms. The topological polar surface area (TPSA) is 64.9 Å². The largest absolute Gasteiger partial charge is 0.323 e. The van der Waals surface area contributed by atoms with E-state index in [9.17, 15) is 13.6 Å². The summed E-state index contributed by atoms with van der Waals surface area (Å²) in [4.78, 5) is 11.6. The minimum absolute atomic E-state index is 0.254. The van der Waals surface area contributed by atoms with E-state index in [-0.39, 0.29) is 5.69 Å². The average molecular weight is 273 g/mol. The quantitative estimate of drug-likeness (QED) is 0.879. The molecule has 0 radical (unpaired) electrons. The van der Waals surface area contributed by atoms with Crippen LogP contribution in [0.25, 0.3) is 0 Å². The van der Waals surface area contributed by atoms with Gasteiger partial charge < -0.3 is 10.6 Å². The van der Waals surface area contributed by atoms with E-state index in [1.54, 1.807) is 0 Å². The second-order valence-corrected chi connectivity index (χ2v) is 3.89. The first kappa shape index (κ1) is 13.5. The first-order valence-electron chi connectivity index (χ1n) is 5.62. The summed E-state index contributed by atoms with van der Waals surface area (Å²) in [6, 6.07) is 10.1. The molecular formula is C14H9F2N3O. The highest BCUT2D eigenvalue weighted by Crippen LogP contribution is 2.16. The molecule has 0 spiro atoms. The van der Waals surface area contributed by atoms with Gasteiger partial charge >= 0.3 is 6.03 Å². The lowest BCUT2D eigenvalue weighted by atomic mass is 10.2. The van der Waals surface area contributed by atoms with Crippen LogP contribution in [0.15, 0.2) is 42.5 Å². The maximum atomic E-state index is 13.3. The average Bonchev–Trinajstić information content (AvgIpc) is 2.43. The van der Waals surface area contributed by atoms with Gasteiger partial charge in [0.05, 0.1) is 17.3 Å². The molecule has 0 fully saturated rings. The number of urea groups is 1. The normalized spacial score (nSPS) is 9.65. The minimum Gasteiger partial charge on any atom is -0.308 e. The SMILES string of the molecule is N#Cc1ccc(NC(=O)Nc2cc(F)ccc2F)cc1. The molecule has 2 aromatic rings. The maximum absolute atomic E-state index is 13.3. The zero-order valence-corrected chi connectivity index (χ0v) is 10.2. The lowest BCUT2D eigenvalue weighted by molar-refractivity contribution is 0.262. The van der Waals surface area contributed by atoms with E-state index >= 15 is 0 Å². The summed E-state index contributed by atoms with van der Waals surface area (Å²) in [6.07, 6.45) is 0. The van der Waals surface area contributed by atoms with Gasteiger partial charge in [0.1, 0.15) is 11.6 Å². The Balaban J connectivity index is 2.05. The van der Waals surface area contributed by atoms with Crippen LogP contribution in [0.2, 0.25) is 0 Å². The van der Waals surface area contributed by atoms with Crippen molar-refractivity contribution in [3.05, 3.63) is 59.7 Å². The Labute approximate surface area is 113 Å². The maximum Gasteiger partial charge on any atom is 0.323 e. The van der Waals surface area contributed by atoms with Crippen LogP contribution in [0.4, 0.5) is 25.0 Å². The molecule has 2 amide bonds. The second-order valence-electron chi connectivity index (χ2n) is 3.89. The fraction of sp³-hybridized carbons (Fsp3) is 0. The summed E-state index contributed by atoms with van der Waals surface area (Å²) in [6.45, 7) is 0. The fourth-order valence-corrected chi connectivity index (χ4v) is 1.51. The zero-order chi connectivity index (χ0) is 14.5. The first-order chi connectivity index (χ1) is 9.58. The molecule has 0 atom stereocenters. The van der Waals surface area contributed by atoms with Crippen molar-refractivity contribution in [3.8, 4) is 6.07 Å². The van der Waals surface area contributed by atoms with Gasteiger partial charge in [0, 0.05) is 11.8 Å². The predicted octanol–water partition coefficient (Wildman–Crippen LogP) is 3.48. The van der Waals surface area contributed by atoms with Crippen molar-refractivity contribution in [3.63, 3.8) is 0 Å². The summed E-state index contributed by atoms with van der Waals surface area (Å²) in [5, 5.41) is 13.3. The van der Waals surface area contributed by atoms with Crippen LogP contribution in [-0.4, -0.2) is 6.03 Å². The van der Waals surface area contributed by atoms with Crippen molar-refractivity contribution < 1.29 is 13.6 Å². The first-order valence-corrected chi connectivity index (χ1v) is 5.62. The number of amides is 2. The summed E-state index contributed by atoms with van der Waals surface area (Å²) in [7, 11) is 0. The van der Waals surface area contributed by atoms with E-state index in [2.05, 4.69) is 10.6 Å². The van der Waals surface area contributed by atoms with Crippen molar-refractivity contribution in [2.45, 2.75) is 0 Å². The summed E-state index contributed by atoms with van der Waals surface area (Å²) in [5.74, 6) is -1.39. The van der Waals surface area contributed by atoms with E-state index < -0.39 is 17.7 Å². The number of nitriles is 1. The van der Waals surface area contributed by atoms with Gasteiger partial charge in [0.2, 0.25) is 0 Å². The second kappa shape index (κ2) is 5.80. The molecule has 0 saturated heterocycles. The van der Waals surface area contributed by atoms with Gasteiger partial charge in [-0.25, -0.2) is 13.6 Å². The molecule has 20 heavy (non-hydrogen) atoms. The van der Waals surface area contributed by atoms with Crippen LogP contribution in [0, 0.1) is 23.0 Å². The van der Waals surface area contributed by atoms with Crippen LogP contribution in [0.5, 0.6) is 0 Å². The Morgan fingerprint density at radius 3 is 2.40 bits per heavy atom.